The van der Waals surface area contributed by atoms with Crippen LogP contribution in [0.2, 0.25) is 0 Å². The van der Waals surface area contributed by atoms with Crippen LogP contribution < -0.4 is 0 Å². The van der Waals surface area contributed by atoms with Gasteiger partial charge in [0.05, 0.1) is 27.9 Å². The molecule has 238 valence electrons. The van der Waals surface area contributed by atoms with Crippen LogP contribution in [-0.2, 0) is 34.7 Å². The fourth-order valence-corrected chi connectivity index (χ4v) is 7.40. The molecule has 0 heterocycles. The predicted octanol–water partition coefficient (Wildman–Crippen LogP) is 9.68. The summed E-state index contributed by atoms with van der Waals surface area (Å²) in [6, 6.07) is 0.958. The molecule has 3 aliphatic rings. The normalized spacial score (nSPS) is 23.4. The summed E-state index contributed by atoms with van der Waals surface area (Å²) >= 11 is 0. The molecule has 3 aliphatic carbocycles. The number of hydrogen-bond acceptors (Lipinski definition) is 1. The molecule has 0 saturated heterocycles. The highest BCUT2D eigenvalue weighted by molar-refractivity contribution is 7.52. The number of allylic oxidation sites excluding steroid dienone is 2. The summed E-state index contributed by atoms with van der Waals surface area (Å²) in [5, 5.41) is 0. The Morgan fingerprint density at radius 3 is 1.49 bits per heavy atom. The van der Waals surface area contributed by atoms with Gasteiger partial charge >= 0.3 is 32.3 Å². The van der Waals surface area contributed by atoms with Crippen LogP contribution in [0.1, 0.15) is 72.1 Å². The largest absolute Gasteiger partial charge is 0.416 e. The van der Waals surface area contributed by atoms with Crippen molar-refractivity contribution in [2.75, 3.05) is 0 Å². The molecule has 0 aliphatic heterocycles. The maximum absolute atomic E-state index is 13.7. The minimum Gasteiger partial charge on any atom is -0.324 e. The van der Waals surface area contributed by atoms with E-state index in [-0.39, 0.29) is 48.6 Å². The predicted molar refractivity (Wildman–Crippen MR) is 129 cm³/mol. The lowest BCUT2D eigenvalue weighted by Crippen LogP contribution is -2.61. The van der Waals surface area contributed by atoms with E-state index < -0.39 is 88.6 Å². The van der Waals surface area contributed by atoms with Gasteiger partial charge < -0.3 is 9.79 Å². The van der Waals surface area contributed by atoms with Gasteiger partial charge in [0.15, 0.2) is 0 Å². The van der Waals surface area contributed by atoms with Crippen molar-refractivity contribution >= 4 is 7.60 Å². The van der Waals surface area contributed by atoms with Crippen LogP contribution >= 0.6 is 7.60 Å². The Labute approximate surface area is 236 Å². The summed E-state index contributed by atoms with van der Waals surface area (Å²) < 4.78 is 176. The fourth-order valence-electron chi connectivity index (χ4n) is 6.43. The molecule has 2 aromatic carbocycles. The van der Waals surface area contributed by atoms with Gasteiger partial charge in [0.25, 0.3) is 0 Å². The van der Waals surface area contributed by atoms with Crippen molar-refractivity contribution in [1.29, 1.82) is 0 Å². The van der Waals surface area contributed by atoms with Gasteiger partial charge in [-0.15, -0.1) is 0 Å². The maximum atomic E-state index is 13.7. The molecule has 1 fully saturated rings. The van der Waals surface area contributed by atoms with E-state index in [4.69, 9.17) is 0 Å². The molecule has 16 heteroatoms. The molecule has 3 unspecified atom stereocenters. The van der Waals surface area contributed by atoms with Crippen molar-refractivity contribution in [3.8, 4) is 0 Å². The quantitative estimate of drug-likeness (QED) is 0.192. The number of halogens is 12. The highest BCUT2D eigenvalue weighted by Gasteiger charge is 2.64. The van der Waals surface area contributed by atoms with Crippen LogP contribution in [0.4, 0.5) is 52.7 Å². The van der Waals surface area contributed by atoms with Gasteiger partial charge in [0, 0.05) is 5.41 Å². The van der Waals surface area contributed by atoms with Gasteiger partial charge in [-0.05, 0) is 78.1 Å². The summed E-state index contributed by atoms with van der Waals surface area (Å²) in [6.45, 7) is 3.06. The molecule has 43 heavy (non-hydrogen) atoms. The van der Waals surface area contributed by atoms with Crippen LogP contribution in [0, 0.1) is 11.3 Å². The minimum absolute atomic E-state index is 0.0608. The lowest BCUT2D eigenvalue weighted by atomic mass is 9.37. The summed E-state index contributed by atoms with van der Waals surface area (Å²) in [4.78, 5) is 20.3. The third-order valence-electron chi connectivity index (χ3n) is 8.76. The smallest absolute Gasteiger partial charge is 0.324 e. The molecule has 0 spiro atoms. The number of alkyl halides is 12. The van der Waals surface area contributed by atoms with Gasteiger partial charge in [-0.1, -0.05) is 25.5 Å². The summed E-state index contributed by atoms with van der Waals surface area (Å²) in [5.74, 6) is -0.293. The summed E-state index contributed by atoms with van der Waals surface area (Å²) in [5.41, 5.74) is -13.7. The van der Waals surface area contributed by atoms with Crippen molar-refractivity contribution in [2.24, 2.45) is 11.3 Å². The first kappa shape index (κ1) is 33.4. The van der Waals surface area contributed by atoms with Gasteiger partial charge in [0.1, 0.15) is 0 Å². The number of hydrogen-bond donors (Lipinski definition) is 2. The Morgan fingerprint density at radius 2 is 1.14 bits per heavy atom. The van der Waals surface area contributed by atoms with E-state index in [1.807, 2.05) is 0 Å². The van der Waals surface area contributed by atoms with E-state index in [1.54, 1.807) is 0 Å². The Balaban J connectivity index is 1.94. The van der Waals surface area contributed by atoms with E-state index in [9.17, 15) is 67.0 Å². The van der Waals surface area contributed by atoms with Crippen LogP contribution in [0.15, 0.2) is 48.0 Å². The van der Waals surface area contributed by atoms with Crippen molar-refractivity contribution in [1.82, 2.24) is 0 Å². The first-order chi connectivity index (χ1) is 19.2. The second-order valence-corrected chi connectivity index (χ2v) is 13.2. The average Bonchev–Trinajstić information content (AvgIpc) is 2.83. The lowest BCUT2D eigenvalue weighted by molar-refractivity contribution is -0.145. The Morgan fingerprint density at radius 1 is 0.744 bits per heavy atom. The van der Waals surface area contributed by atoms with Crippen molar-refractivity contribution in [2.45, 2.75) is 68.9 Å². The zero-order valence-electron chi connectivity index (χ0n) is 22.1. The topological polar surface area (TPSA) is 57.5 Å². The first-order valence-corrected chi connectivity index (χ1v) is 14.2. The molecular formula is C27H23F12O3P. The van der Waals surface area contributed by atoms with Crippen molar-refractivity contribution in [3.05, 3.63) is 81.4 Å². The summed E-state index contributed by atoms with van der Waals surface area (Å²) in [6.07, 6.45) is -20.6. The third-order valence-corrected chi connectivity index (χ3v) is 10.1. The third kappa shape index (κ3) is 5.96. The molecule has 2 N–H and O–H groups in total. The molecule has 5 rings (SSSR count). The highest BCUT2D eigenvalue weighted by Crippen LogP contribution is 2.71. The Hall–Kier alpha value is -2.51. The zero-order chi connectivity index (χ0) is 32.8. The fraction of sp³-hybridized carbons (Fsp3) is 0.481. The van der Waals surface area contributed by atoms with Gasteiger partial charge in [-0.25, -0.2) is 0 Å². The Bertz CT molecular complexity index is 1430. The molecule has 0 amide bonds. The second-order valence-electron chi connectivity index (χ2n) is 11.4. The maximum Gasteiger partial charge on any atom is 0.416 e. The SMILES string of the molecule is CC1(C)C2CC=C(CC(c3cc(C(F)(F)F)cc(C(F)(F)F)c3)P(=O)(O)O)C1(c1cc(C(F)(F)F)cc(C(F)(F)F)c1)C2. The van der Waals surface area contributed by atoms with Crippen LogP contribution in [0.25, 0.3) is 0 Å². The molecule has 0 aromatic heterocycles. The monoisotopic (exact) mass is 654 g/mol. The van der Waals surface area contributed by atoms with Crippen molar-refractivity contribution < 1.29 is 67.0 Å². The van der Waals surface area contributed by atoms with Crippen LogP contribution in [0.3, 0.4) is 0 Å². The standard InChI is InChI=1S/C27H23F12O3P/c1-22(2)15-4-3-14(23(22,12-15)16-7-19(26(34,35)36)10-20(8-16)27(37,38)39)11-21(43(40,41)42)13-5-17(24(28,29)30)9-18(6-13)25(31,32)33/h3,5-10,15,21H,4,11-12H2,1-2H3,(H2,40,41,42). The molecule has 3 nitrogen and oxygen atoms in total. The van der Waals surface area contributed by atoms with Crippen LogP contribution in [0.5, 0.6) is 0 Å². The summed E-state index contributed by atoms with van der Waals surface area (Å²) in [7, 11) is -5.59. The van der Waals surface area contributed by atoms with Crippen LogP contribution in [-0.4, -0.2) is 9.79 Å². The van der Waals surface area contributed by atoms with Gasteiger partial charge in [-0.2, -0.15) is 52.7 Å². The molecule has 2 aromatic rings. The van der Waals surface area contributed by atoms with Gasteiger partial charge in [0.2, 0.25) is 0 Å². The van der Waals surface area contributed by atoms with E-state index in [1.165, 1.54) is 19.9 Å². The second kappa shape index (κ2) is 10.00. The molecule has 1 saturated carbocycles. The van der Waals surface area contributed by atoms with Gasteiger partial charge in [-0.3, -0.25) is 4.57 Å². The molecule has 2 bridgehead atoms. The number of benzene rings is 2. The number of rotatable bonds is 5. The Kier molecular flexibility index (Phi) is 7.76. The lowest BCUT2D eigenvalue weighted by Gasteiger charge is -2.66. The van der Waals surface area contributed by atoms with Crippen molar-refractivity contribution in [3.63, 3.8) is 0 Å². The zero-order valence-corrected chi connectivity index (χ0v) is 23.0. The molecule has 3 atom stereocenters. The highest BCUT2D eigenvalue weighted by atomic mass is 31.2. The average molecular weight is 654 g/mol. The van der Waals surface area contributed by atoms with E-state index in [0.717, 1.165) is 0 Å². The van der Waals surface area contributed by atoms with E-state index >= 15 is 0 Å². The first-order valence-electron chi connectivity index (χ1n) is 12.5. The number of fused-ring (bicyclic) bond motifs is 1. The van der Waals surface area contributed by atoms with E-state index in [0.29, 0.717) is 12.1 Å². The van der Waals surface area contributed by atoms with E-state index in [2.05, 4.69) is 0 Å². The molecule has 0 radical (unpaired) electrons. The molecular weight excluding hydrogens is 631 g/mol. The minimum atomic E-state index is -5.59.